The first-order chi connectivity index (χ1) is 7.71. The van der Waals surface area contributed by atoms with Crippen LogP contribution in [0.3, 0.4) is 0 Å². The Morgan fingerprint density at radius 2 is 1.94 bits per heavy atom. The molecule has 0 amide bonds. The van der Waals surface area contributed by atoms with Crippen molar-refractivity contribution in [3.8, 4) is 0 Å². The third-order valence-corrected chi connectivity index (χ3v) is 3.54. The minimum absolute atomic E-state index is 0.0987. The first-order valence-electron chi connectivity index (χ1n) is 5.65. The predicted molar refractivity (Wildman–Crippen MR) is 68.2 cm³/mol. The van der Waals surface area contributed by atoms with Gasteiger partial charge in [0, 0.05) is 5.41 Å². The van der Waals surface area contributed by atoms with Gasteiger partial charge in [-0.3, -0.25) is 0 Å². The second-order valence-corrected chi connectivity index (χ2v) is 4.83. The van der Waals surface area contributed by atoms with Crippen molar-refractivity contribution >= 4 is 5.57 Å². The van der Waals surface area contributed by atoms with Gasteiger partial charge in [0.1, 0.15) is 0 Å². The number of rotatable bonds is 0. The lowest BCUT2D eigenvalue weighted by Gasteiger charge is -2.22. The summed E-state index contributed by atoms with van der Waals surface area (Å²) >= 11 is 0. The van der Waals surface area contributed by atoms with Gasteiger partial charge in [-0.1, -0.05) is 50.3 Å². The van der Waals surface area contributed by atoms with Gasteiger partial charge in [0.05, 0.1) is 0 Å². The van der Waals surface area contributed by atoms with E-state index in [1.54, 1.807) is 0 Å². The third kappa shape index (κ3) is 1.11. The second-order valence-electron chi connectivity index (χ2n) is 4.83. The molecule has 0 saturated carbocycles. The predicted octanol–water partition coefficient (Wildman–Crippen LogP) is 4.01. The quantitative estimate of drug-likeness (QED) is 0.562. The zero-order valence-corrected chi connectivity index (χ0v) is 9.62. The highest BCUT2D eigenvalue weighted by molar-refractivity contribution is 5.88. The molecule has 16 heavy (non-hydrogen) atoms. The molecule has 0 aromatic heterocycles. The Kier molecular flexibility index (Phi) is 1.83. The Hall–Kier alpha value is -1.78. The van der Waals surface area contributed by atoms with Gasteiger partial charge >= 0.3 is 0 Å². The van der Waals surface area contributed by atoms with Gasteiger partial charge in [-0.2, -0.15) is 0 Å². The van der Waals surface area contributed by atoms with Gasteiger partial charge in [-0.25, -0.2) is 0 Å². The standard InChI is InChI=1S/C16H14/c1-16(2)14-10-5-3-4-8-12(14)13-9-6-7-11-15(13)16/h3-4,6-11H,1-2H3. The first-order valence-corrected chi connectivity index (χ1v) is 5.65. The minimum atomic E-state index is 0.0987. The lowest BCUT2D eigenvalue weighted by molar-refractivity contribution is 0.654. The molecule has 2 aliphatic carbocycles. The highest BCUT2D eigenvalue weighted by Crippen LogP contribution is 2.47. The van der Waals surface area contributed by atoms with Crippen molar-refractivity contribution in [3.63, 3.8) is 0 Å². The summed E-state index contributed by atoms with van der Waals surface area (Å²) in [4.78, 5) is 0. The molecule has 0 atom stereocenters. The van der Waals surface area contributed by atoms with Crippen LogP contribution >= 0.6 is 0 Å². The SMILES string of the molecule is CC1(C)C2=C(C=CC=C=C2)c2ccccc21. The maximum atomic E-state index is 3.21. The minimum Gasteiger partial charge on any atom is -0.120 e. The summed E-state index contributed by atoms with van der Waals surface area (Å²) in [6.07, 6.45) is 8.35. The number of hydrogen-bond donors (Lipinski definition) is 0. The van der Waals surface area contributed by atoms with Crippen LogP contribution in [-0.2, 0) is 5.41 Å². The van der Waals surface area contributed by atoms with E-state index in [4.69, 9.17) is 0 Å². The van der Waals surface area contributed by atoms with Crippen LogP contribution in [0, 0.1) is 0 Å². The lowest BCUT2D eigenvalue weighted by atomic mass is 9.81. The molecule has 0 unspecified atom stereocenters. The van der Waals surface area contributed by atoms with E-state index in [9.17, 15) is 0 Å². The monoisotopic (exact) mass is 206 g/mol. The average molecular weight is 206 g/mol. The van der Waals surface area contributed by atoms with Crippen LogP contribution in [-0.4, -0.2) is 0 Å². The molecule has 2 aliphatic rings. The molecular weight excluding hydrogens is 192 g/mol. The van der Waals surface area contributed by atoms with E-state index in [0.29, 0.717) is 0 Å². The van der Waals surface area contributed by atoms with E-state index >= 15 is 0 Å². The summed E-state index contributed by atoms with van der Waals surface area (Å²) in [5, 5.41) is 0. The van der Waals surface area contributed by atoms with Gasteiger partial charge in [0.15, 0.2) is 0 Å². The van der Waals surface area contributed by atoms with Crippen molar-refractivity contribution in [1.29, 1.82) is 0 Å². The van der Waals surface area contributed by atoms with E-state index in [1.807, 2.05) is 6.08 Å². The molecule has 0 saturated heterocycles. The maximum Gasteiger partial charge on any atom is 0.0164 e. The molecule has 0 aliphatic heterocycles. The van der Waals surface area contributed by atoms with Crippen LogP contribution in [0.15, 0.2) is 59.9 Å². The topological polar surface area (TPSA) is 0 Å². The summed E-state index contributed by atoms with van der Waals surface area (Å²) < 4.78 is 0. The molecule has 0 N–H and O–H groups in total. The number of allylic oxidation sites excluding steroid dienone is 5. The largest absolute Gasteiger partial charge is 0.120 e. The Morgan fingerprint density at radius 3 is 2.81 bits per heavy atom. The van der Waals surface area contributed by atoms with Crippen molar-refractivity contribution in [1.82, 2.24) is 0 Å². The highest BCUT2D eigenvalue weighted by atomic mass is 14.4. The zero-order valence-electron chi connectivity index (χ0n) is 9.62. The summed E-state index contributed by atoms with van der Waals surface area (Å²) in [6.45, 7) is 4.57. The molecule has 0 nitrogen and oxygen atoms in total. The van der Waals surface area contributed by atoms with Crippen molar-refractivity contribution in [2.45, 2.75) is 19.3 Å². The van der Waals surface area contributed by atoms with Gasteiger partial charge in [0.2, 0.25) is 0 Å². The fourth-order valence-corrected chi connectivity index (χ4v) is 2.66. The fourth-order valence-electron chi connectivity index (χ4n) is 2.66. The number of fused-ring (bicyclic) bond motifs is 2. The molecular formula is C16H14. The number of benzene rings is 1. The van der Waals surface area contributed by atoms with Crippen LogP contribution in [0.25, 0.3) is 5.57 Å². The molecule has 0 heterocycles. The Bertz CT molecular complexity index is 574. The van der Waals surface area contributed by atoms with Crippen LogP contribution in [0.1, 0.15) is 25.0 Å². The Balaban J connectivity index is 2.35. The van der Waals surface area contributed by atoms with Crippen LogP contribution in [0.2, 0.25) is 0 Å². The van der Waals surface area contributed by atoms with Crippen molar-refractivity contribution in [3.05, 3.63) is 71.0 Å². The molecule has 0 heteroatoms. The first kappa shape index (κ1) is 9.45. The maximum absolute atomic E-state index is 3.21. The molecule has 0 radical (unpaired) electrons. The zero-order chi connectivity index (χ0) is 11.2. The van der Waals surface area contributed by atoms with E-state index in [0.717, 1.165) is 0 Å². The molecule has 1 aromatic carbocycles. The fraction of sp³-hybridized carbons (Fsp3) is 0.188. The van der Waals surface area contributed by atoms with Crippen LogP contribution in [0.4, 0.5) is 0 Å². The van der Waals surface area contributed by atoms with Crippen molar-refractivity contribution in [2.75, 3.05) is 0 Å². The highest BCUT2D eigenvalue weighted by Gasteiger charge is 2.35. The van der Waals surface area contributed by atoms with Crippen LogP contribution < -0.4 is 0 Å². The van der Waals surface area contributed by atoms with E-state index in [2.05, 4.69) is 62.1 Å². The van der Waals surface area contributed by atoms with Gasteiger partial charge in [-0.15, -0.1) is 5.73 Å². The van der Waals surface area contributed by atoms with Gasteiger partial charge in [-0.05, 0) is 34.4 Å². The second kappa shape index (κ2) is 3.10. The molecule has 0 bridgehead atoms. The summed E-state index contributed by atoms with van der Waals surface area (Å²) in [5.74, 6) is 0. The molecule has 0 spiro atoms. The summed E-state index contributed by atoms with van der Waals surface area (Å²) in [7, 11) is 0. The van der Waals surface area contributed by atoms with E-state index in [1.165, 1.54) is 22.3 Å². The Labute approximate surface area is 96.3 Å². The third-order valence-electron chi connectivity index (χ3n) is 3.54. The smallest absolute Gasteiger partial charge is 0.0164 e. The average Bonchev–Trinajstić information content (AvgIpc) is 2.50. The van der Waals surface area contributed by atoms with Gasteiger partial charge < -0.3 is 0 Å². The molecule has 1 aromatic rings. The number of hydrogen-bond acceptors (Lipinski definition) is 0. The van der Waals surface area contributed by atoms with E-state index < -0.39 is 0 Å². The molecule has 78 valence electrons. The van der Waals surface area contributed by atoms with Crippen molar-refractivity contribution in [2.24, 2.45) is 0 Å². The van der Waals surface area contributed by atoms with Crippen LogP contribution in [0.5, 0.6) is 0 Å². The van der Waals surface area contributed by atoms with E-state index in [-0.39, 0.29) is 5.41 Å². The molecule has 3 rings (SSSR count). The van der Waals surface area contributed by atoms with Gasteiger partial charge in [0.25, 0.3) is 0 Å². The van der Waals surface area contributed by atoms with Crippen molar-refractivity contribution < 1.29 is 0 Å². The summed E-state index contributed by atoms with van der Waals surface area (Å²) in [5.41, 5.74) is 8.82. The lowest BCUT2D eigenvalue weighted by Crippen LogP contribution is -2.15. The Morgan fingerprint density at radius 1 is 1.12 bits per heavy atom. The normalized spacial score (nSPS) is 19.6. The summed E-state index contributed by atoms with van der Waals surface area (Å²) in [6, 6.07) is 8.68. The molecule has 0 fully saturated rings.